The molecule has 2 heterocycles. The predicted molar refractivity (Wildman–Crippen MR) is 119 cm³/mol. The highest BCUT2D eigenvalue weighted by Crippen LogP contribution is 2.33. The molecule has 0 unspecified atom stereocenters. The molecule has 0 bridgehead atoms. The maximum atomic E-state index is 12.1. The Labute approximate surface area is 183 Å². The van der Waals surface area contributed by atoms with Crippen LogP contribution in [0.1, 0.15) is 12.5 Å². The lowest BCUT2D eigenvalue weighted by molar-refractivity contribution is -0.117. The zero-order valence-electron chi connectivity index (χ0n) is 17.1. The minimum absolute atomic E-state index is 0.00326. The van der Waals surface area contributed by atoms with Gasteiger partial charge in [-0.05, 0) is 31.5 Å². The second-order valence-electron chi connectivity index (χ2n) is 6.73. The van der Waals surface area contributed by atoms with E-state index in [0.717, 1.165) is 27.7 Å². The van der Waals surface area contributed by atoms with Crippen molar-refractivity contribution < 1.29 is 14.3 Å². The standard InChI is InChI=1S/C22H21N5O3S/c1-3-30-22(29)24-19(28)13-31-21-26-25-20(27(21)18-11-7-4-8-14(18)2)16-12-23-17-10-6-5-9-15(16)17/h4-12,23H,3,13H2,1-2H3,(H,24,28,29). The molecule has 31 heavy (non-hydrogen) atoms. The minimum atomic E-state index is -0.757. The lowest BCUT2D eigenvalue weighted by atomic mass is 10.1. The fraction of sp³-hybridized carbons (Fsp3) is 0.182. The van der Waals surface area contributed by atoms with Crippen LogP contribution >= 0.6 is 11.8 Å². The van der Waals surface area contributed by atoms with Gasteiger partial charge in [0.2, 0.25) is 5.91 Å². The van der Waals surface area contributed by atoms with Gasteiger partial charge in [0.15, 0.2) is 11.0 Å². The van der Waals surface area contributed by atoms with E-state index in [1.807, 2.05) is 66.2 Å². The number of aromatic amines is 1. The average Bonchev–Trinajstić information content (AvgIpc) is 3.36. The van der Waals surface area contributed by atoms with Gasteiger partial charge in [0, 0.05) is 22.7 Å². The summed E-state index contributed by atoms with van der Waals surface area (Å²) in [5.74, 6) is 0.202. The highest BCUT2D eigenvalue weighted by Gasteiger charge is 2.21. The van der Waals surface area contributed by atoms with Gasteiger partial charge in [-0.1, -0.05) is 48.2 Å². The number of thioether (sulfide) groups is 1. The van der Waals surface area contributed by atoms with Gasteiger partial charge in [-0.3, -0.25) is 14.7 Å². The zero-order valence-corrected chi connectivity index (χ0v) is 17.9. The fourth-order valence-corrected chi connectivity index (χ4v) is 4.02. The number of nitrogens with one attached hydrogen (secondary N) is 2. The van der Waals surface area contributed by atoms with Crippen molar-refractivity contribution in [1.82, 2.24) is 25.1 Å². The normalized spacial score (nSPS) is 10.9. The molecule has 0 saturated carbocycles. The molecule has 4 rings (SSSR count). The van der Waals surface area contributed by atoms with Crippen LogP contribution in [0.4, 0.5) is 4.79 Å². The first-order valence-corrected chi connectivity index (χ1v) is 10.7. The first kappa shape index (κ1) is 20.7. The first-order valence-electron chi connectivity index (χ1n) is 9.75. The van der Waals surface area contributed by atoms with Gasteiger partial charge in [-0.15, -0.1) is 10.2 Å². The van der Waals surface area contributed by atoms with E-state index in [9.17, 15) is 9.59 Å². The van der Waals surface area contributed by atoms with Crippen LogP contribution in [-0.4, -0.2) is 44.1 Å². The van der Waals surface area contributed by atoms with Crippen molar-refractivity contribution in [2.45, 2.75) is 19.0 Å². The number of rotatable bonds is 6. The van der Waals surface area contributed by atoms with Crippen molar-refractivity contribution in [3.8, 4) is 17.1 Å². The smallest absolute Gasteiger partial charge is 0.413 e. The summed E-state index contributed by atoms with van der Waals surface area (Å²) in [6.45, 7) is 3.88. The third-order valence-corrected chi connectivity index (χ3v) is 5.60. The highest BCUT2D eigenvalue weighted by molar-refractivity contribution is 7.99. The van der Waals surface area contributed by atoms with E-state index in [1.54, 1.807) is 6.92 Å². The Hall–Kier alpha value is -3.59. The number of benzene rings is 2. The SMILES string of the molecule is CCOC(=O)NC(=O)CSc1nnc(-c2c[nH]c3ccccc23)n1-c1ccccc1C. The summed E-state index contributed by atoms with van der Waals surface area (Å²) in [4.78, 5) is 26.9. The molecule has 0 fully saturated rings. The molecule has 2 N–H and O–H groups in total. The monoisotopic (exact) mass is 435 g/mol. The van der Waals surface area contributed by atoms with Crippen LogP contribution in [0.3, 0.4) is 0 Å². The van der Waals surface area contributed by atoms with Crippen LogP contribution < -0.4 is 5.32 Å². The maximum absolute atomic E-state index is 12.1. The molecule has 0 aliphatic carbocycles. The topological polar surface area (TPSA) is 102 Å². The number of alkyl carbamates (subject to hydrolysis) is 1. The third kappa shape index (κ3) is 4.31. The van der Waals surface area contributed by atoms with Crippen molar-refractivity contribution in [2.24, 2.45) is 0 Å². The average molecular weight is 436 g/mol. The number of aryl methyl sites for hydroxylation is 1. The largest absolute Gasteiger partial charge is 0.450 e. The van der Waals surface area contributed by atoms with E-state index >= 15 is 0 Å². The second kappa shape index (κ2) is 9.05. The number of fused-ring (bicyclic) bond motifs is 1. The Balaban J connectivity index is 1.71. The van der Waals surface area contributed by atoms with Gasteiger partial charge >= 0.3 is 6.09 Å². The molecule has 0 atom stereocenters. The molecule has 8 nitrogen and oxygen atoms in total. The van der Waals surface area contributed by atoms with Crippen molar-refractivity contribution in [1.29, 1.82) is 0 Å². The molecule has 0 aliphatic heterocycles. The molecule has 9 heteroatoms. The molecular formula is C22H21N5O3S. The van der Waals surface area contributed by atoms with Crippen LogP contribution in [0.5, 0.6) is 0 Å². The van der Waals surface area contributed by atoms with Crippen molar-refractivity contribution in [2.75, 3.05) is 12.4 Å². The van der Waals surface area contributed by atoms with Gasteiger partial charge in [0.25, 0.3) is 0 Å². The molecule has 0 spiro atoms. The lowest BCUT2D eigenvalue weighted by Crippen LogP contribution is -2.32. The van der Waals surface area contributed by atoms with E-state index < -0.39 is 12.0 Å². The maximum Gasteiger partial charge on any atom is 0.413 e. The van der Waals surface area contributed by atoms with E-state index in [-0.39, 0.29) is 12.4 Å². The van der Waals surface area contributed by atoms with E-state index in [1.165, 1.54) is 11.8 Å². The van der Waals surface area contributed by atoms with E-state index in [0.29, 0.717) is 11.0 Å². The number of carbonyl (C=O) groups excluding carboxylic acids is 2. The number of aromatic nitrogens is 4. The first-order chi connectivity index (χ1) is 15.1. The molecule has 2 amide bonds. The van der Waals surface area contributed by atoms with Crippen molar-refractivity contribution >= 4 is 34.7 Å². The number of hydrogen-bond acceptors (Lipinski definition) is 6. The van der Waals surface area contributed by atoms with Gasteiger partial charge in [-0.25, -0.2) is 4.79 Å². The molecule has 0 aliphatic rings. The number of H-pyrrole nitrogens is 1. The number of carbonyl (C=O) groups is 2. The Morgan fingerprint density at radius 3 is 2.71 bits per heavy atom. The summed E-state index contributed by atoms with van der Waals surface area (Å²) in [6.07, 6.45) is 1.15. The summed E-state index contributed by atoms with van der Waals surface area (Å²) in [5, 5.41) is 12.6. The Morgan fingerprint density at radius 1 is 1.13 bits per heavy atom. The Morgan fingerprint density at radius 2 is 1.90 bits per heavy atom. The van der Waals surface area contributed by atoms with E-state index in [4.69, 9.17) is 4.74 Å². The lowest BCUT2D eigenvalue weighted by Gasteiger charge is -2.12. The molecule has 4 aromatic rings. The molecular weight excluding hydrogens is 414 g/mol. The van der Waals surface area contributed by atoms with Crippen molar-refractivity contribution in [3.63, 3.8) is 0 Å². The molecule has 158 valence electrons. The number of amides is 2. The molecule has 2 aromatic carbocycles. The predicted octanol–water partition coefficient (Wildman–Crippen LogP) is 4.09. The minimum Gasteiger partial charge on any atom is -0.450 e. The van der Waals surface area contributed by atoms with Gasteiger partial charge in [-0.2, -0.15) is 0 Å². The van der Waals surface area contributed by atoms with E-state index in [2.05, 4.69) is 20.5 Å². The number of ether oxygens (including phenoxy) is 1. The quantitative estimate of drug-likeness (QED) is 0.442. The second-order valence-corrected chi connectivity index (χ2v) is 7.68. The third-order valence-electron chi connectivity index (χ3n) is 4.67. The summed E-state index contributed by atoms with van der Waals surface area (Å²) in [7, 11) is 0. The zero-order chi connectivity index (χ0) is 21.8. The summed E-state index contributed by atoms with van der Waals surface area (Å²) in [6, 6.07) is 15.9. The number of imide groups is 1. The number of para-hydroxylation sites is 2. The summed E-state index contributed by atoms with van der Waals surface area (Å²) in [5.41, 5.74) is 3.87. The number of hydrogen-bond donors (Lipinski definition) is 2. The van der Waals surface area contributed by atoms with Gasteiger partial charge in [0.1, 0.15) is 0 Å². The van der Waals surface area contributed by atoms with Crippen LogP contribution in [0.2, 0.25) is 0 Å². The van der Waals surface area contributed by atoms with Gasteiger partial charge in [0.05, 0.1) is 18.0 Å². The number of nitrogens with zero attached hydrogens (tertiary/aromatic N) is 3. The molecule has 2 aromatic heterocycles. The van der Waals surface area contributed by atoms with Crippen molar-refractivity contribution in [3.05, 3.63) is 60.3 Å². The van der Waals surface area contributed by atoms with Crippen LogP contribution in [0, 0.1) is 6.92 Å². The highest BCUT2D eigenvalue weighted by atomic mass is 32.2. The Bertz CT molecular complexity index is 1250. The summed E-state index contributed by atoms with van der Waals surface area (Å²) < 4.78 is 6.69. The van der Waals surface area contributed by atoms with Crippen LogP contribution in [0.25, 0.3) is 28.0 Å². The molecule has 0 radical (unpaired) electrons. The van der Waals surface area contributed by atoms with Crippen LogP contribution in [-0.2, 0) is 9.53 Å². The Kier molecular flexibility index (Phi) is 6.03. The fourth-order valence-electron chi connectivity index (χ4n) is 3.27. The summed E-state index contributed by atoms with van der Waals surface area (Å²) >= 11 is 1.20. The molecule has 0 saturated heterocycles. The van der Waals surface area contributed by atoms with Gasteiger partial charge < -0.3 is 9.72 Å². The van der Waals surface area contributed by atoms with Crippen LogP contribution in [0.15, 0.2) is 59.9 Å².